The molecule has 0 spiro atoms. The molecular weight excluding hydrogens is 238 g/mol. The van der Waals surface area contributed by atoms with Crippen LogP contribution in [0.5, 0.6) is 0 Å². The van der Waals surface area contributed by atoms with E-state index >= 15 is 0 Å². The van der Waals surface area contributed by atoms with Gasteiger partial charge in [0.05, 0.1) is 10.5 Å². The largest absolute Gasteiger partial charge is 0.381 e. The zero-order valence-electron chi connectivity index (χ0n) is 10.7. The normalized spacial score (nSPS) is 35.0. The van der Waals surface area contributed by atoms with Crippen molar-refractivity contribution in [2.75, 3.05) is 13.2 Å². The maximum absolute atomic E-state index is 12.6. The molecule has 2 fully saturated rings. The van der Waals surface area contributed by atoms with Gasteiger partial charge in [0.1, 0.15) is 0 Å². The van der Waals surface area contributed by atoms with Crippen LogP contribution in [-0.2, 0) is 14.6 Å². The average molecular weight is 261 g/mol. The molecular formula is C12H23NO3S. The van der Waals surface area contributed by atoms with Crippen LogP contribution in [0.1, 0.15) is 39.5 Å². The van der Waals surface area contributed by atoms with Crippen molar-refractivity contribution in [3.05, 3.63) is 0 Å². The van der Waals surface area contributed by atoms with Gasteiger partial charge in [0.2, 0.25) is 0 Å². The molecule has 5 heteroatoms. The Morgan fingerprint density at radius 1 is 1.18 bits per heavy atom. The van der Waals surface area contributed by atoms with E-state index in [1.165, 1.54) is 0 Å². The standard InChI is InChI=1S/C12H23NO3S/c1-12(2)6-3-10(11(12)13)17(14,15)9-4-7-16-8-5-9/h9-11H,3-8,13H2,1-2H3. The second-order valence-electron chi connectivity index (χ2n) is 5.99. The first-order valence-corrected chi connectivity index (χ1v) is 8.03. The zero-order valence-corrected chi connectivity index (χ0v) is 11.5. The smallest absolute Gasteiger partial charge is 0.157 e. The Balaban J connectivity index is 2.16. The molecule has 100 valence electrons. The molecule has 1 saturated carbocycles. The van der Waals surface area contributed by atoms with Gasteiger partial charge in [-0.25, -0.2) is 8.42 Å². The van der Waals surface area contributed by atoms with Crippen LogP contribution in [0.25, 0.3) is 0 Å². The van der Waals surface area contributed by atoms with E-state index in [1.54, 1.807) is 0 Å². The molecule has 0 radical (unpaired) electrons. The summed E-state index contributed by atoms with van der Waals surface area (Å²) in [6.45, 7) is 5.26. The van der Waals surface area contributed by atoms with Gasteiger partial charge in [0, 0.05) is 19.3 Å². The molecule has 0 aromatic rings. The second kappa shape index (κ2) is 4.52. The maximum atomic E-state index is 12.6. The summed E-state index contributed by atoms with van der Waals surface area (Å²) in [5, 5.41) is -0.582. The quantitative estimate of drug-likeness (QED) is 0.808. The van der Waals surface area contributed by atoms with Gasteiger partial charge in [-0.15, -0.1) is 0 Å². The fraction of sp³-hybridized carbons (Fsp3) is 1.00. The third kappa shape index (κ3) is 2.37. The molecule has 1 heterocycles. The van der Waals surface area contributed by atoms with Crippen LogP contribution >= 0.6 is 0 Å². The zero-order chi connectivity index (χ0) is 12.7. The summed E-state index contributed by atoms with van der Waals surface area (Å²) in [4.78, 5) is 0. The summed E-state index contributed by atoms with van der Waals surface area (Å²) in [6.07, 6.45) is 2.88. The number of hydrogen-bond acceptors (Lipinski definition) is 4. The first-order valence-electron chi connectivity index (χ1n) is 6.42. The minimum atomic E-state index is -3.09. The van der Waals surface area contributed by atoms with Crippen molar-refractivity contribution in [1.82, 2.24) is 0 Å². The fourth-order valence-corrected chi connectivity index (χ4v) is 5.55. The van der Waals surface area contributed by atoms with Crippen LogP contribution in [0, 0.1) is 5.41 Å². The van der Waals surface area contributed by atoms with Crippen molar-refractivity contribution in [3.8, 4) is 0 Å². The number of nitrogens with two attached hydrogens (primary N) is 1. The Labute approximate surface area is 104 Å². The van der Waals surface area contributed by atoms with Crippen LogP contribution in [0.15, 0.2) is 0 Å². The van der Waals surface area contributed by atoms with E-state index in [1.807, 2.05) is 0 Å². The molecule has 2 atom stereocenters. The summed E-state index contributed by atoms with van der Waals surface area (Å²) in [5.74, 6) is 0. The van der Waals surface area contributed by atoms with Gasteiger partial charge < -0.3 is 10.5 Å². The minimum absolute atomic E-state index is 0.0527. The van der Waals surface area contributed by atoms with E-state index in [9.17, 15) is 8.42 Å². The van der Waals surface area contributed by atoms with Crippen molar-refractivity contribution in [2.45, 2.75) is 56.1 Å². The summed E-state index contributed by atoms with van der Waals surface area (Å²) >= 11 is 0. The molecule has 1 aliphatic heterocycles. The lowest BCUT2D eigenvalue weighted by atomic mass is 9.88. The molecule has 0 aromatic heterocycles. The number of sulfone groups is 1. The van der Waals surface area contributed by atoms with E-state index in [-0.39, 0.29) is 22.0 Å². The van der Waals surface area contributed by atoms with Crippen molar-refractivity contribution >= 4 is 9.84 Å². The molecule has 2 rings (SSSR count). The van der Waals surface area contributed by atoms with Gasteiger partial charge in [-0.3, -0.25) is 0 Å². The van der Waals surface area contributed by atoms with Crippen molar-refractivity contribution in [2.24, 2.45) is 11.1 Å². The van der Waals surface area contributed by atoms with Crippen LogP contribution in [0.4, 0.5) is 0 Å². The highest BCUT2D eigenvalue weighted by Gasteiger charge is 2.48. The van der Waals surface area contributed by atoms with E-state index < -0.39 is 9.84 Å². The second-order valence-corrected chi connectivity index (χ2v) is 8.44. The van der Waals surface area contributed by atoms with Crippen molar-refractivity contribution in [1.29, 1.82) is 0 Å². The summed E-state index contributed by atoms with van der Waals surface area (Å²) < 4.78 is 30.3. The molecule has 0 aromatic carbocycles. The van der Waals surface area contributed by atoms with E-state index in [0.29, 0.717) is 32.5 Å². The van der Waals surface area contributed by atoms with Crippen LogP contribution in [-0.4, -0.2) is 38.2 Å². The van der Waals surface area contributed by atoms with E-state index in [0.717, 1.165) is 6.42 Å². The molecule has 1 aliphatic carbocycles. The average Bonchev–Trinajstić information content (AvgIpc) is 2.56. The molecule has 2 unspecified atom stereocenters. The fourth-order valence-electron chi connectivity index (χ4n) is 2.98. The Hall–Kier alpha value is -0.130. The van der Waals surface area contributed by atoms with Gasteiger partial charge in [0.25, 0.3) is 0 Å². The Morgan fingerprint density at radius 3 is 2.24 bits per heavy atom. The van der Waals surface area contributed by atoms with E-state index in [2.05, 4.69) is 13.8 Å². The lowest BCUT2D eigenvalue weighted by Gasteiger charge is -2.30. The molecule has 17 heavy (non-hydrogen) atoms. The predicted molar refractivity (Wildman–Crippen MR) is 67.5 cm³/mol. The highest BCUT2D eigenvalue weighted by atomic mass is 32.2. The lowest BCUT2D eigenvalue weighted by molar-refractivity contribution is 0.0981. The van der Waals surface area contributed by atoms with Crippen molar-refractivity contribution in [3.63, 3.8) is 0 Å². The lowest BCUT2D eigenvalue weighted by Crippen LogP contribution is -2.47. The summed E-state index contributed by atoms with van der Waals surface area (Å²) in [6, 6.07) is -0.227. The Kier molecular flexibility index (Phi) is 3.54. The highest BCUT2D eigenvalue weighted by Crippen LogP contribution is 2.41. The summed E-state index contributed by atoms with van der Waals surface area (Å²) in [7, 11) is -3.09. The summed E-state index contributed by atoms with van der Waals surface area (Å²) in [5.41, 5.74) is 6.09. The van der Waals surface area contributed by atoms with E-state index in [4.69, 9.17) is 10.5 Å². The van der Waals surface area contributed by atoms with Gasteiger partial charge in [-0.2, -0.15) is 0 Å². The first kappa shape index (κ1) is 13.3. The number of hydrogen-bond donors (Lipinski definition) is 1. The van der Waals surface area contributed by atoms with Crippen LogP contribution in [0.2, 0.25) is 0 Å². The van der Waals surface area contributed by atoms with Crippen molar-refractivity contribution < 1.29 is 13.2 Å². The number of rotatable bonds is 2. The number of ether oxygens (including phenoxy) is 1. The molecule has 4 nitrogen and oxygen atoms in total. The third-order valence-electron chi connectivity index (χ3n) is 4.43. The van der Waals surface area contributed by atoms with Gasteiger partial charge in [0.15, 0.2) is 9.84 Å². The maximum Gasteiger partial charge on any atom is 0.157 e. The monoisotopic (exact) mass is 261 g/mol. The van der Waals surface area contributed by atoms with Gasteiger partial charge in [-0.1, -0.05) is 13.8 Å². The molecule has 0 bridgehead atoms. The highest BCUT2D eigenvalue weighted by molar-refractivity contribution is 7.92. The van der Waals surface area contributed by atoms with Crippen LogP contribution in [0.3, 0.4) is 0 Å². The predicted octanol–water partition coefficient (Wildman–Crippen LogP) is 1.10. The van der Waals surface area contributed by atoms with Gasteiger partial charge >= 0.3 is 0 Å². The van der Waals surface area contributed by atoms with Crippen LogP contribution < -0.4 is 5.73 Å². The molecule has 2 aliphatic rings. The van der Waals surface area contributed by atoms with Gasteiger partial charge in [-0.05, 0) is 31.1 Å². The minimum Gasteiger partial charge on any atom is -0.381 e. The Bertz CT molecular complexity index is 371. The Morgan fingerprint density at radius 2 is 1.76 bits per heavy atom. The SMILES string of the molecule is CC1(C)CCC(S(=O)(=O)C2CCOCC2)C1N. The molecule has 0 amide bonds. The first-order chi connectivity index (χ1) is 7.86. The molecule has 2 N–H and O–H groups in total. The topological polar surface area (TPSA) is 69.4 Å². The molecule has 1 saturated heterocycles. The third-order valence-corrected chi connectivity index (χ3v) is 7.20.